The maximum absolute atomic E-state index is 14.6. The van der Waals surface area contributed by atoms with Crippen molar-refractivity contribution in [1.82, 2.24) is 19.6 Å². The number of rotatable bonds is 6. The summed E-state index contributed by atoms with van der Waals surface area (Å²) in [7, 11) is 3.08. The normalized spacial score (nSPS) is 18.1. The Morgan fingerprint density at radius 1 is 1.15 bits per heavy atom. The summed E-state index contributed by atoms with van der Waals surface area (Å²) in [6, 6.07) is 5.52. The lowest BCUT2D eigenvalue weighted by atomic mass is 10.0. The van der Waals surface area contributed by atoms with E-state index < -0.39 is 42.5 Å². The number of benzene rings is 1. The number of imidazole rings is 1. The summed E-state index contributed by atoms with van der Waals surface area (Å²) in [4.78, 5) is 17.9. The number of fused-ring (bicyclic) bond motifs is 1. The monoisotopic (exact) mass is 584 g/mol. The van der Waals surface area contributed by atoms with Crippen LogP contribution in [0, 0.1) is 11.8 Å². The first-order valence-corrected chi connectivity index (χ1v) is 12.6. The highest BCUT2D eigenvalue weighted by Gasteiger charge is 2.35. The van der Waals surface area contributed by atoms with Gasteiger partial charge in [-0.25, -0.2) is 9.37 Å². The van der Waals surface area contributed by atoms with E-state index in [1.807, 2.05) is 4.90 Å². The third kappa shape index (κ3) is 7.21. The molecule has 2 aromatic heterocycles. The molecule has 1 amide bonds. The highest BCUT2D eigenvalue weighted by Crippen LogP contribution is 2.35. The molecule has 220 valence electrons. The number of nitrogens with one attached hydrogen (secondary N) is 3. The number of alkyl halides is 7. The van der Waals surface area contributed by atoms with Crippen LogP contribution in [0.15, 0.2) is 36.5 Å². The van der Waals surface area contributed by atoms with Crippen molar-refractivity contribution < 1.29 is 35.5 Å². The predicted octanol–water partition coefficient (Wildman–Crippen LogP) is 4.74. The summed E-state index contributed by atoms with van der Waals surface area (Å²) in [5.74, 6) is 4.38. The molecule has 7 nitrogen and oxygen atoms in total. The van der Waals surface area contributed by atoms with Crippen molar-refractivity contribution >= 4 is 22.9 Å². The van der Waals surface area contributed by atoms with Gasteiger partial charge >= 0.3 is 12.4 Å². The molecule has 2 atom stereocenters. The summed E-state index contributed by atoms with van der Waals surface area (Å²) in [5, 5.41) is 7.82. The average Bonchev–Trinajstić information content (AvgIpc) is 3.23. The van der Waals surface area contributed by atoms with E-state index >= 15 is 0 Å². The summed E-state index contributed by atoms with van der Waals surface area (Å²) in [5.41, 5.74) is -1.64. The van der Waals surface area contributed by atoms with E-state index in [-0.39, 0.29) is 41.4 Å². The number of aromatic nitrogens is 2. The van der Waals surface area contributed by atoms with Crippen LogP contribution in [0.3, 0.4) is 0 Å². The van der Waals surface area contributed by atoms with Gasteiger partial charge in [0, 0.05) is 37.6 Å². The number of anilines is 2. The summed E-state index contributed by atoms with van der Waals surface area (Å²) >= 11 is 0. The molecule has 3 N–H and O–H groups in total. The molecule has 1 aromatic carbocycles. The Kier molecular flexibility index (Phi) is 8.67. The molecule has 1 fully saturated rings. The number of pyridine rings is 1. The van der Waals surface area contributed by atoms with E-state index in [9.17, 15) is 35.5 Å². The minimum absolute atomic E-state index is 0.124. The minimum atomic E-state index is -4.78. The maximum atomic E-state index is 14.6. The molecule has 4 rings (SSSR count). The van der Waals surface area contributed by atoms with Crippen LogP contribution in [0.2, 0.25) is 0 Å². The number of carbonyl (C=O) groups excluding carboxylic acids is 1. The predicted molar refractivity (Wildman–Crippen MR) is 140 cm³/mol. The van der Waals surface area contributed by atoms with E-state index in [4.69, 9.17) is 0 Å². The lowest BCUT2D eigenvalue weighted by Crippen LogP contribution is -2.46. The number of likely N-dealkylation sites (tertiary alicyclic amines) is 1. The summed E-state index contributed by atoms with van der Waals surface area (Å²) in [6.07, 6.45) is -10.1. The number of amides is 1. The highest BCUT2D eigenvalue weighted by molar-refractivity contribution is 5.94. The molecule has 1 aliphatic rings. The fourth-order valence-electron chi connectivity index (χ4n) is 4.59. The van der Waals surface area contributed by atoms with Crippen LogP contribution in [0.1, 0.15) is 33.7 Å². The molecule has 41 heavy (non-hydrogen) atoms. The maximum Gasteiger partial charge on any atom is 0.418 e. The second-order valence-corrected chi connectivity index (χ2v) is 9.62. The SMILES string of the molecule is CNC(=O)c1ccc(NCC#Cc2nc3c(N[C@@H]4CCN(C)C[C@@H]4F)cccn3c2CC(F)(F)F)c(C(F)(F)F)c1. The van der Waals surface area contributed by atoms with Gasteiger partial charge in [0.15, 0.2) is 5.65 Å². The van der Waals surface area contributed by atoms with Crippen molar-refractivity contribution in [2.75, 3.05) is 44.4 Å². The van der Waals surface area contributed by atoms with Crippen molar-refractivity contribution in [3.63, 3.8) is 0 Å². The average molecular weight is 585 g/mol. The van der Waals surface area contributed by atoms with Crippen LogP contribution >= 0.6 is 0 Å². The second kappa shape index (κ2) is 11.9. The number of carbonyl (C=O) groups is 1. The first-order valence-electron chi connectivity index (χ1n) is 12.6. The Balaban J connectivity index is 1.62. The van der Waals surface area contributed by atoms with E-state index in [2.05, 4.69) is 32.8 Å². The number of nitrogens with zero attached hydrogens (tertiary/aromatic N) is 3. The van der Waals surface area contributed by atoms with Crippen LogP contribution in [0.4, 0.5) is 42.1 Å². The fraction of sp³-hybridized carbons (Fsp3) is 0.407. The first kappa shape index (κ1) is 30.0. The summed E-state index contributed by atoms with van der Waals surface area (Å²) < 4.78 is 97.0. The van der Waals surface area contributed by atoms with Crippen molar-refractivity contribution in [3.8, 4) is 11.8 Å². The Hall–Kier alpha value is -3.99. The number of piperidine rings is 1. The van der Waals surface area contributed by atoms with Crippen LogP contribution in [0.5, 0.6) is 0 Å². The number of hydrogen-bond acceptors (Lipinski definition) is 5. The van der Waals surface area contributed by atoms with Gasteiger partial charge in [-0.1, -0.05) is 5.92 Å². The van der Waals surface area contributed by atoms with Gasteiger partial charge in [-0.15, -0.1) is 0 Å². The van der Waals surface area contributed by atoms with E-state index in [1.54, 1.807) is 13.1 Å². The summed E-state index contributed by atoms with van der Waals surface area (Å²) in [6.45, 7) is 0.498. The zero-order valence-electron chi connectivity index (χ0n) is 22.0. The van der Waals surface area contributed by atoms with Gasteiger partial charge in [0.05, 0.1) is 36.0 Å². The molecule has 3 aromatic rings. The zero-order chi connectivity index (χ0) is 29.9. The lowest BCUT2D eigenvalue weighted by Gasteiger charge is -2.33. The molecular weight excluding hydrogens is 557 g/mol. The molecule has 0 unspecified atom stereocenters. The smallest absolute Gasteiger partial charge is 0.376 e. The Labute approximate surface area is 231 Å². The van der Waals surface area contributed by atoms with Crippen LogP contribution in [0.25, 0.3) is 5.65 Å². The second-order valence-electron chi connectivity index (χ2n) is 9.62. The Morgan fingerprint density at radius 2 is 1.90 bits per heavy atom. The lowest BCUT2D eigenvalue weighted by molar-refractivity contribution is -0.137. The van der Waals surface area contributed by atoms with Crippen molar-refractivity contribution in [3.05, 3.63) is 59.0 Å². The number of hydrogen-bond donors (Lipinski definition) is 3. The molecule has 1 saturated heterocycles. The molecular formula is C27H27F7N6O. The van der Waals surface area contributed by atoms with E-state index in [0.717, 1.165) is 6.07 Å². The standard InChI is InChI=1S/C27H27F7N6O/c1-35-25(41)16-7-8-19(17(13-16)27(32,33)34)36-10-3-5-21-23(14-26(29,30)31)40-11-4-6-22(24(40)38-21)37-20-9-12-39(2)15-18(20)28/h4,6-8,11,13,18,20,36-37H,9-10,12,14-15H2,1-2H3,(H,35,41)/t18-,20+/m0/s1. The van der Waals surface area contributed by atoms with Gasteiger partial charge in [0.2, 0.25) is 0 Å². The van der Waals surface area contributed by atoms with E-state index in [1.165, 1.54) is 29.8 Å². The molecule has 3 heterocycles. The van der Waals surface area contributed by atoms with Gasteiger partial charge in [-0.3, -0.25) is 4.79 Å². The molecule has 0 saturated carbocycles. The van der Waals surface area contributed by atoms with Crippen molar-refractivity contribution in [1.29, 1.82) is 0 Å². The zero-order valence-corrected chi connectivity index (χ0v) is 22.0. The van der Waals surface area contributed by atoms with Crippen molar-refractivity contribution in [2.24, 2.45) is 0 Å². The molecule has 14 heteroatoms. The molecule has 1 aliphatic heterocycles. The van der Waals surface area contributed by atoms with Gasteiger partial charge in [0.25, 0.3) is 5.91 Å². The van der Waals surface area contributed by atoms with Crippen LogP contribution in [-0.2, 0) is 12.6 Å². The highest BCUT2D eigenvalue weighted by atomic mass is 19.4. The third-order valence-corrected chi connectivity index (χ3v) is 6.59. The van der Waals surface area contributed by atoms with Gasteiger partial charge < -0.3 is 25.3 Å². The minimum Gasteiger partial charge on any atom is -0.376 e. The van der Waals surface area contributed by atoms with Crippen molar-refractivity contribution in [2.45, 2.75) is 37.4 Å². The number of halogens is 7. The molecule has 0 aliphatic carbocycles. The first-order chi connectivity index (χ1) is 19.3. The fourth-order valence-corrected chi connectivity index (χ4v) is 4.59. The van der Waals surface area contributed by atoms with Crippen LogP contribution in [-0.4, -0.2) is 72.3 Å². The van der Waals surface area contributed by atoms with Gasteiger partial charge in [0.1, 0.15) is 11.9 Å². The molecule has 0 radical (unpaired) electrons. The van der Waals surface area contributed by atoms with E-state index in [0.29, 0.717) is 24.7 Å². The quantitative estimate of drug-likeness (QED) is 0.289. The Morgan fingerprint density at radius 3 is 2.56 bits per heavy atom. The van der Waals surface area contributed by atoms with Crippen LogP contribution < -0.4 is 16.0 Å². The molecule has 0 bridgehead atoms. The third-order valence-electron chi connectivity index (χ3n) is 6.59. The van der Waals surface area contributed by atoms with Gasteiger partial charge in [-0.05, 0) is 49.7 Å². The Bertz CT molecular complexity index is 1470. The topological polar surface area (TPSA) is 73.7 Å². The molecule has 0 spiro atoms. The van der Waals surface area contributed by atoms with Gasteiger partial charge in [-0.2, -0.15) is 26.3 Å². The largest absolute Gasteiger partial charge is 0.418 e.